The van der Waals surface area contributed by atoms with Crippen molar-refractivity contribution in [1.82, 2.24) is 9.97 Å². The molecule has 0 saturated heterocycles. The van der Waals surface area contributed by atoms with Gasteiger partial charge in [-0.3, -0.25) is 0 Å². The zero-order valence-electron chi connectivity index (χ0n) is 15.5. The maximum atomic E-state index is 11.9. The fourth-order valence-electron chi connectivity index (χ4n) is 2.83. The Morgan fingerprint density at radius 2 is 1.74 bits per heavy atom. The number of benzene rings is 2. The molecular weight excluding hydrogens is 348 g/mol. The second-order valence-corrected chi connectivity index (χ2v) is 5.57. The van der Waals surface area contributed by atoms with Gasteiger partial charge in [-0.1, -0.05) is 6.07 Å². The molecule has 7 heteroatoms. The van der Waals surface area contributed by atoms with Gasteiger partial charge >= 0.3 is 5.97 Å². The number of nitrogens with zero attached hydrogens (tertiary/aromatic N) is 1. The van der Waals surface area contributed by atoms with Crippen molar-refractivity contribution >= 4 is 29.2 Å². The zero-order valence-corrected chi connectivity index (χ0v) is 15.5. The molecule has 1 aromatic heterocycles. The van der Waals surface area contributed by atoms with Crippen molar-refractivity contribution in [3.05, 3.63) is 47.3 Å². The van der Waals surface area contributed by atoms with Gasteiger partial charge in [-0.25, -0.2) is 9.78 Å². The summed E-state index contributed by atoms with van der Waals surface area (Å²) in [4.78, 5) is 19.6. The highest BCUT2D eigenvalue weighted by molar-refractivity contribution is 6.02. The van der Waals surface area contributed by atoms with Crippen LogP contribution < -0.4 is 14.2 Å². The normalized spacial score (nSPS) is 11.0. The minimum Gasteiger partial charge on any atom is -0.493 e. The Hall–Kier alpha value is -3.48. The third kappa shape index (κ3) is 3.44. The van der Waals surface area contributed by atoms with Crippen molar-refractivity contribution in [2.24, 2.45) is 0 Å². The molecule has 1 heterocycles. The molecule has 0 fully saturated rings. The number of aromatic nitrogens is 2. The largest absolute Gasteiger partial charge is 0.493 e. The number of nitrogens with one attached hydrogen (secondary N) is 1. The summed E-state index contributed by atoms with van der Waals surface area (Å²) in [5.74, 6) is 1.82. The maximum Gasteiger partial charge on any atom is 0.340 e. The van der Waals surface area contributed by atoms with Crippen LogP contribution in [0, 0.1) is 0 Å². The number of imidazole rings is 1. The summed E-state index contributed by atoms with van der Waals surface area (Å²) in [6.07, 6.45) is 3.64. The first-order valence-corrected chi connectivity index (χ1v) is 8.17. The molecule has 0 saturated carbocycles. The van der Waals surface area contributed by atoms with Crippen LogP contribution in [0.15, 0.2) is 30.3 Å². The number of fused-ring (bicyclic) bond motifs is 1. The van der Waals surface area contributed by atoms with Gasteiger partial charge in [0.15, 0.2) is 11.5 Å². The van der Waals surface area contributed by atoms with Crippen molar-refractivity contribution in [1.29, 1.82) is 0 Å². The Labute approximate surface area is 156 Å². The van der Waals surface area contributed by atoms with E-state index in [4.69, 9.17) is 18.9 Å². The van der Waals surface area contributed by atoms with Crippen LogP contribution in [-0.4, -0.2) is 44.4 Å². The number of para-hydroxylation sites is 1. The van der Waals surface area contributed by atoms with E-state index in [1.807, 2.05) is 18.2 Å². The summed E-state index contributed by atoms with van der Waals surface area (Å²) in [7, 11) is 6.04. The molecule has 0 aliphatic heterocycles. The SMILES string of the molecule is COC(=O)c1cccc2[nH]c(/C=C/c3ccc(OC)c(OC)c3OC)nc12. The molecule has 140 valence electrons. The van der Waals surface area contributed by atoms with Gasteiger partial charge in [0.25, 0.3) is 0 Å². The van der Waals surface area contributed by atoms with Crippen molar-refractivity contribution < 1.29 is 23.7 Å². The van der Waals surface area contributed by atoms with Crippen LogP contribution >= 0.6 is 0 Å². The number of ether oxygens (including phenoxy) is 4. The first kappa shape index (κ1) is 18.3. The van der Waals surface area contributed by atoms with Crippen LogP contribution in [0.5, 0.6) is 17.2 Å². The van der Waals surface area contributed by atoms with E-state index in [1.165, 1.54) is 7.11 Å². The van der Waals surface area contributed by atoms with E-state index in [-0.39, 0.29) is 0 Å². The van der Waals surface area contributed by atoms with Crippen molar-refractivity contribution in [3.63, 3.8) is 0 Å². The predicted octanol–water partition coefficient (Wildman–Crippen LogP) is 3.55. The van der Waals surface area contributed by atoms with Gasteiger partial charge in [-0.15, -0.1) is 0 Å². The van der Waals surface area contributed by atoms with E-state index in [1.54, 1.807) is 45.6 Å². The summed E-state index contributed by atoms with van der Waals surface area (Å²) >= 11 is 0. The average Bonchev–Trinajstić information content (AvgIpc) is 3.13. The van der Waals surface area contributed by atoms with Crippen LogP contribution in [-0.2, 0) is 4.74 Å². The lowest BCUT2D eigenvalue weighted by Gasteiger charge is -2.13. The first-order valence-electron chi connectivity index (χ1n) is 8.17. The highest BCUT2D eigenvalue weighted by atomic mass is 16.5. The molecule has 0 spiro atoms. The lowest BCUT2D eigenvalue weighted by molar-refractivity contribution is 0.0603. The lowest BCUT2D eigenvalue weighted by Crippen LogP contribution is -2.01. The van der Waals surface area contributed by atoms with Crippen LogP contribution in [0.2, 0.25) is 0 Å². The molecule has 2 aromatic carbocycles. The molecule has 0 amide bonds. The Bertz CT molecular complexity index is 1010. The standard InChI is InChI=1S/C20H20N2O5/c1-24-15-10-8-12(18(25-2)19(15)26-3)9-11-16-21-14-7-5-6-13(17(14)22-16)20(23)27-4/h5-11H,1-4H3,(H,21,22)/b11-9+. The quantitative estimate of drug-likeness (QED) is 0.670. The molecule has 0 unspecified atom stereocenters. The second kappa shape index (κ2) is 7.82. The number of aromatic amines is 1. The van der Waals surface area contributed by atoms with Gasteiger partial charge in [-0.05, 0) is 36.4 Å². The Balaban J connectivity index is 2.01. The van der Waals surface area contributed by atoms with Crippen molar-refractivity contribution in [3.8, 4) is 17.2 Å². The monoisotopic (exact) mass is 368 g/mol. The second-order valence-electron chi connectivity index (χ2n) is 5.57. The fraction of sp³-hybridized carbons (Fsp3) is 0.200. The third-order valence-corrected chi connectivity index (χ3v) is 4.09. The molecular formula is C20H20N2O5. The summed E-state index contributed by atoms with van der Waals surface area (Å²) < 4.78 is 21.0. The number of hydrogen-bond donors (Lipinski definition) is 1. The van der Waals surface area contributed by atoms with Gasteiger partial charge in [-0.2, -0.15) is 0 Å². The lowest BCUT2D eigenvalue weighted by atomic mass is 10.1. The highest BCUT2D eigenvalue weighted by Crippen LogP contribution is 2.40. The van der Waals surface area contributed by atoms with Crippen LogP contribution in [0.25, 0.3) is 23.2 Å². The van der Waals surface area contributed by atoms with E-state index in [9.17, 15) is 4.79 Å². The van der Waals surface area contributed by atoms with Crippen molar-refractivity contribution in [2.75, 3.05) is 28.4 Å². The first-order chi connectivity index (χ1) is 13.1. The molecule has 0 atom stereocenters. The van der Waals surface area contributed by atoms with E-state index >= 15 is 0 Å². The Kier molecular flexibility index (Phi) is 5.30. The Morgan fingerprint density at radius 3 is 2.41 bits per heavy atom. The number of rotatable bonds is 6. The van der Waals surface area contributed by atoms with Crippen molar-refractivity contribution in [2.45, 2.75) is 0 Å². The summed E-state index contributed by atoms with van der Waals surface area (Å²) in [6.45, 7) is 0. The maximum absolute atomic E-state index is 11.9. The molecule has 1 N–H and O–H groups in total. The highest BCUT2D eigenvalue weighted by Gasteiger charge is 2.15. The minimum atomic E-state index is -0.427. The van der Waals surface area contributed by atoms with Crippen LogP contribution in [0.3, 0.4) is 0 Å². The van der Waals surface area contributed by atoms with Gasteiger partial charge in [0, 0.05) is 5.56 Å². The van der Waals surface area contributed by atoms with Gasteiger partial charge in [0.2, 0.25) is 5.75 Å². The number of carbonyl (C=O) groups is 1. The Morgan fingerprint density at radius 1 is 0.963 bits per heavy atom. The smallest absolute Gasteiger partial charge is 0.340 e. The fourth-order valence-corrected chi connectivity index (χ4v) is 2.83. The van der Waals surface area contributed by atoms with E-state index in [2.05, 4.69) is 9.97 Å². The molecule has 27 heavy (non-hydrogen) atoms. The minimum absolute atomic E-state index is 0.412. The average molecular weight is 368 g/mol. The molecule has 0 aliphatic rings. The van der Waals surface area contributed by atoms with Gasteiger partial charge in [0.1, 0.15) is 11.3 Å². The van der Waals surface area contributed by atoms with Gasteiger partial charge in [0.05, 0.1) is 39.5 Å². The number of hydrogen-bond acceptors (Lipinski definition) is 6. The molecule has 0 bridgehead atoms. The third-order valence-electron chi connectivity index (χ3n) is 4.09. The number of H-pyrrole nitrogens is 1. The number of esters is 1. The zero-order chi connectivity index (χ0) is 19.4. The summed E-state index contributed by atoms with van der Waals surface area (Å²) in [5, 5.41) is 0. The molecule has 0 aliphatic carbocycles. The van der Waals surface area contributed by atoms with Gasteiger partial charge < -0.3 is 23.9 Å². The summed E-state index contributed by atoms with van der Waals surface area (Å²) in [6, 6.07) is 8.97. The molecule has 7 nitrogen and oxygen atoms in total. The predicted molar refractivity (Wildman–Crippen MR) is 102 cm³/mol. The van der Waals surface area contributed by atoms with E-state index in [0.29, 0.717) is 34.2 Å². The molecule has 3 aromatic rings. The van der Waals surface area contributed by atoms with E-state index < -0.39 is 5.97 Å². The molecule has 3 rings (SSSR count). The number of methoxy groups -OCH3 is 4. The van der Waals surface area contributed by atoms with Crippen LogP contribution in [0.4, 0.5) is 0 Å². The van der Waals surface area contributed by atoms with Crippen LogP contribution in [0.1, 0.15) is 21.7 Å². The molecule has 0 radical (unpaired) electrons. The summed E-state index contributed by atoms with van der Waals surface area (Å²) in [5.41, 5.74) is 2.51. The number of carbonyl (C=O) groups excluding carboxylic acids is 1. The van der Waals surface area contributed by atoms with E-state index in [0.717, 1.165) is 11.1 Å². The topological polar surface area (TPSA) is 82.7 Å².